The molecule has 0 bridgehead atoms. The van der Waals surface area contributed by atoms with Crippen LogP contribution in [0.2, 0.25) is 0 Å². The molecule has 2 fully saturated rings. The molecule has 2 aromatic heterocycles. The average molecular weight is 540 g/mol. The maximum Gasteiger partial charge on any atom is 0.188 e. The summed E-state index contributed by atoms with van der Waals surface area (Å²) in [6.45, 7) is 6.71. The van der Waals surface area contributed by atoms with Crippen molar-refractivity contribution in [2.45, 2.75) is 32.7 Å². The minimum atomic E-state index is -0.327. The number of aryl methyl sites for hydroxylation is 1. The van der Waals surface area contributed by atoms with Crippen molar-refractivity contribution in [1.29, 1.82) is 0 Å². The first-order valence-electron chi connectivity index (χ1n) is 13.8. The highest BCUT2D eigenvalue weighted by atomic mass is 19.1. The summed E-state index contributed by atoms with van der Waals surface area (Å²) < 4.78 is 20.8. The molecule has 2 aliphatic rings. The van der Waals surface area contributed by atoms with Crippen molar-refractivity contribution in [3.8, 4) is 22.6 Å². The van der Waals surface area contributed by atoms with Gasteiger partial charge in [-0.05, 0) is 67.8 Å². The Bertz CT molecular complexity index is 1530. The number of anilines is 3. The second-order valence-electron chi connectivity index (χ2n) is 10.9. The minimum Gasteiger partial charge on any atom is -0.451 e. The van der Waals surface area contributed by atoms with Crippen molar-refractivity contribution in [2.24, 2.45) is 5.41 Å². The molecule has 8 nitrogen and oxygen atoms in total. The molecule has 2 aromatic carbocycles. The fourth-order valence-corrected chi connectivity index (χ4v) is 6.10. The van der Waals surface area contributed by atoms with E-state index < -0.39 is 0 Å². The largest absolute Gasteiger partial charge is 0.451 e. The summed E-state index contributed by atoms with van der Waals surface area (Å²) >= 11 is 0. The molecule has 1 atom stereocenters. The molecular weight excluding hydrogens is 505 g/mol. The van der Waals surface area contributed by atoms with E-state index in [1.165, 1.54) is 17.7 Å². The number of nitrogens with two attached hydrogens (primary N) is 2. The zero-order valence-electron chi connectivity index (χ0n) is 22.7. The van der Waals surface area contributed by atoms with E-state index in [0.29, 0.717) is 28.4 Å². The van der Waals surface area contributed by atoms with Crippen LogP contribution in [0.15, 0.2) is 67.3 Å². The lowest BCUT2D eigenvalue weighted by Gasteiger charge is -2.26. The lowest BCUT2D eigenvalue weighted by molar-refractivity contribution is 0.270. The zero-order chi connectivity index (χ0) is 27.7. The normalized spacial score (nSPS) is 19.0. The number of hydrogen-bond donors (Lipinski definition) is 2. The van der Waals surface area contributed by atoms with Crippen LogP contribution in [0.5, 0.6) is 11.5 Å². The summed E-state index contributed by atoms with van der Waals surface area (Å²) in [5.74, 6) is 1.53. The number of likely N-dealkylation sites (tertiary alicyclic amines) is 1. The van der Waals surface area contributed by atoms with Crippen molar-refractivity contribution >= 4 is 17.2 Å². The minimum absolute atomic E-state index is 0.189. The van der Waals surface area contributed by atoms with E-state index in [-0.39, 0.29) is 11.2 Å². The van der Waals surface area contributed by atoms with Crippen molar-refractivity contribution in [3.05, 3.63) is 84.3 Å². The number of nitrogens with zero attached hydrogens (tertiary/aromatic N) is 5. The number of rotatable bonds is 7. The summed E-state index contributed by atoms with van der Waals surface area (Å²) in [4.78, 5) is 18.2. The topological polar surface area (TPSA) is 106 Å². The third-order valence-corrected chi connectivity index (χ3v) is 8.15. The third kappa shape index (κ3) is 5.16. The summed E-state index contributed by atoms with van der Waals surface area (Å²) in [5.41, 5.74) is 16.9. The first kappa shape index (κ1) is 26.0. The number of aromatic nitrogens is 3. The summed E-state index contributed by atoms with van der Waals surface area (Å²) in [5, 5.41) is 0. The molecule has 1 spiro atoms. The first-order valence-corrected chi connectivity index (χ1v) is 13.8. The van der Waals surface area contributed by atoms with Crippen molar-refractivity contribution in [1.82, 2.24) is 19.9 Å². The van der Waals surface area contributed by atoms with E-state index in [2.05, 4.69) is 30.8 Å². The lowest BCUT2D eigenvalue weighted by atomic mass is 9.86. The fraction of sp³-hybridized carbons (Fsp3) is 0.323. The van der Waals surface area contributed by atoms with Crippen LogP contribution in [0.4, 0.5) is 21.6 Å². The highest BCUT2D eigenvalue weighted by Gasteiger charge is 2.44. The molecule has 2 aliphatic heterocycles. The Labute approximate surface area is 233 Å². The number of ether oxygens (including phenoxy) is 1. The highest BCUT2D eigenvalue weighted by molar-refractivity contribution is 5.73. The van der Waals surface area contributed by atoms with Crippen LogP contribution >= 0.6 is 0 Å². The maximum atomic E-state index is 14.4. The van der Waals surface area contributed by atoms with Crippen LogP contribution in [0.1, 0.15) is 31.0 Å². The molecule has 40 heavy (non-hydrogen) atoms. The van der Waals surface area contributed by atoms with Gasteiger partial charge in [-0.25, -0.2) is 14.4 Å². The van der Waals surface area contributed by atoms with E-state index in [4.69, 9.17) is 16.2 Å². The van der Waals surface area contributed by atoms with E-state index in [0.717, 1.165) is 69.1 Å². The highest BCUT2D eigenvalue weighted by Crippen LogP contribution is 2.44. The molecule has 1 unspecified atom stereocenters. The van der Waals surface area contributed by atoms with Gasteiger partial charge in [-0.2, -0.15) is 0 Å². The molecular formula is C31H34FN7O. The van der Waals surface area contributed by atoms with Gasteiger partial charge in [0.05, 0.1) is 17.6 Å². The van der Waals surface area contributed by atoms with Gasteiger partial charge in [-0.15, -0.1) is 0 Å². The molecule has 0 aliphatic carbocycles. The molecule has 0 amide bonds. The number of nitrogen functional groups attached to an aromatic ring is 2. The molecule has 6 rings (SSSR count). The molecule has 4 heterocycles. The van der Waals surface area contributed by atoms with Crippen LogP contribution in [0.25, 0.3) is 11.1 Å². The summed E-state index contributed by atoms with van der Waals surface area (Å²) in [7, 11) is 0. The SMILES string of the molecule is CCc1ncccc1-c1cc(F)ccc1Oc1cncnc1N1CCC2(CCN(Cc3ccc(N)c(N)c3)C2)C1. The number of halogens is 1. The van der Waals surface area contributed by atoms with E-state index >= 15 is 0 Å². The van der Waals surface area contributed by atoms with Crippen LogP contribution in [0, 0.1) is 11.2 Å². The Morgan fingerprint density at radius 2 is 1.82 bits per heavy atom. The standard InChI is InChI=1S/C31H34FN7O/c1-2-27-23(4-3-11-36-27)24-15-22(32)6-8-28(24)40-29-16-35-20-37-30(29)39-13-10-31(19-39)9-12-38(18-31)17-21-5-7-25(33)26(34)14-21/h3-8,11,14-16,20H,2,9-10,12-13,17-19,33-34H2,1H3. The molecule has 0 radical (unpaired) electrons. The lowest BCUT2D eigenvalue weighted by Crippen LogP contribution is -2.31. The van der Waals surface area contributed by atoms with Gasteiger partial charge in [0.25, 0.3) is 0 Å². The molecule has 0 saturated carbocycles. The second-order valence-corrected chi connectivity index (χ2v) is 10.9. The predicted molar refractivity (Wildman–Crippen MR) is 156 cm³/mol. The van der Waals surface area contributed by atoms with Gasteiger partial charge in [-0.3, -0.25) is 9.88 Å². The Kier molecular flexibility index (Phi) is 6.98. The zero-order valence-corrected chi connectivity index (χ0v) is 22.7. The maximum absolute atomic E-state index is 14.4. The summed E-state index contributed by atoms with van der Waals surface area (Å²) in [6.07, 6.45) is 7.93. The first-order chi connectivity index (χ1) is 19.4. The van der Waals surface area contributed by atoms with Crippen molar-refractivity contribution in [3.63, 3.8) is 0 Å². The fourth-order valence-electron chi connectivity index (χ4n) is 6.10. The van der Waals surface area contributed by atoms with Crippen LogP contribution in [0.3, 0.4) is 0 Å². The van der Waals surface area contributed by atoms with Crippen molar-refractivity contribution < 1.29 is 9.13 Å². The van der Waals surface area contributed by atoms with Crippen LogP contribution in [-0.2, 0) is 13.0 Å². The van der Waals surface area contributed by atoms with E-state index in [1.54, 1.807) is 24.8 Å². The van der Waals surface area contributed by atoms with Gasteiger partial charge in [0, 0.05) is 54.6 Å². The molecule has 2 saturated heterocycles. The quantitative estimate of drug-likeness (QED) is 0.305. The third-order valence-electron chi connectivity index (χ3n) is 8.15. The van der Waals surface area contributed by atoms with Crippen LogP contribution < -0.4 is 21.1 Å². The van der Waals surface area contributed by atoms with E-state index in [9.17, 15) is 4.39 Å². The van der Waals surface area contributed by atoms with Crippen molar-refractivity contribution in [2.75, 3.05) is 42.5 Å². The van der Waals surface area contributed by atoms with Gasteiger partial charge in [-0.1, -0.05) is 19.1 Å². The molecule has 4 aromatic rings. The second kappa shape index (κ2) is 10.7. The van der Waals surface area contributed by atoms with Crippen LogP contribution in [-0.4, -0.2) is 46.0 Å². The summed E-state index contributed by atoms with van der Waals surface area (Å²) in [6, 6.07) is 14.3. The van der Waals surface area contributed by atoms with Gasteiger partial charge in [0.15, 0.2) is 11.6 Å². The van der Waals surface area contributed by atoms with Gasteiger partial charge >= 0.3 is 0 Å². The Hall–Kier alpha value is -4.24. The Morgan fingerprint density at radius 3 is 2.67 bits per heavy atom. The van der Waals surface area contributed by atoms with Gasteiger partial charge < -0.3 is 21.1 Å². The van der Waals surface area contributed by atoms with Gasteiger partial charge in [0.2, 0.25) is 0 Å². The number of benzene rings is 2. The average Bonchev–Trinajstić information content (AvgIpc) is 3.57. The molecule has 9 heteroatoms. The number of pyridine rings is 1. The smallest absolute Gasteiger partial charge is 0.188 e. The van der Waals surface area contributed by atoms with E-state index in [1.807, 2.05) is 31.2 Å². The molecule has 4 N–H and O–H groups in total. The molecule has 206 valence electrons. The monoisotopic (exact) mass is 539 g/mol. The van der Waals surface area contributed by atoms with Gasteiger partial charge in [0.1, 0.15) is 17.9 Å². The Morgan fingerprint density at radius 1 is 0.950 bits per heavy atom. The number of hydrogen-bond acceptors (Lipinski definition) is 8. The predicted octanol–water partition coefficient (Wildman–Crippen LogP) is 5.30. The Balaban J connectivity index is 1.21.